The number of halogens is 2. The molecule has 70 heavy (non-hydrogen) atoms. The molecule has 0 aliphatic carbocycles. The van der Waals surface area contributed by atoms with Crippen LogP contribution in [0.15, 0.2) is 117 Å². The fourth-order valence-electron chi connectivity index (χ4n) is 6.67. The van der Waals surface area contributed by atoms with Crippen molar-refractivity contribution in [1.82, 2.24) is 23.8 Å². The molecule has 6 rings (SSSR count). The van der Waals surface area contributed by atoms with Crippen molar-refractivity contribution in [1.29, 1.82) is 5.26 Å². The zero-order valence-electron chi connectivity index (χ0n) is 40.0. The lowest BCUT2D eigenvalue weighted by Gasteiger charge is -2.19. The lowest BCUT2D eigenvalue weighted by molar-refractivity contribution is 0.256. The van der Waals surface area contributed by atoms with Gasteiger partial charge in [0.2, 0.25) is 21.8 Å². The molecule has 0 saturated heterocycles. The van der Waals surface area contributed by atoms with Crippen molar-refractivity contribution in [2.24, 2.45) is 5.14 Å². The van der Waals surface area contributed by atoms with Crippen LogP contribution in [0.25, 0.3) is 22.3 Å². The van der Waals surface area contributed by atoms with Gasteiger partial charge in [-0.25, -0.2) is 50.2 Å². The van der Waals surface area contributed by atoms with Gasteiger partial charge in [-0.15, -0.1) is 5.26 Å². The average Bonchev–Trinajstić information content (AvgIpc) is 3.29. The van der Waals surface area contributed by atoms with E-state index in [4.69, 9.17) is 24.6 Å². The van der Waals surface area contributed by atoms with Crippen molar-refractivity contribution in [3.05, 3.63) is 141 Å². The molecule has 0 aliphatic rings. The number of hydrogen-bond acceptors (Lipinski definition) is 13. The number of aromatic nitrogens is 4. The van der Waals surface area contributed by atoms with Crippen molar-refractivity contribution in [3.63, 3.8) is 0 Å². The van der Waals surface area contributed by atoms with Gasteiger partial charge in [0.25, 0.3) is 27.4 Å². The molecular formula is C48H54F2N8O10S2. The van der Waals surface area contributed by atoms with Crippen molar-refractivity contribution >= 4 is 31.8 Å². The van der Waals surface area contributed by atoms with Crippen LogP contribution in [0, 0.1) is 23.2 Å². The molecule has 2 amide bonds. The maximum Gasteiger partial charge on any atom is 0.333 e. The summed E-state index contributed by atoms with van der Waals surface area (Å²) in [5, 5.41) is 16.4. The molecule has 0 saturated carbocycles. The molecule has 0 radical (unpaired) electrons. The first-order chi connectivity index (χ1) is 32.8. The van der Waals surface area contributed by atoms with E-state index in [1.165, 1.54) is 78.3 Å². The number of nitrogens with zero attached hydrogens (tertiary/aromatic N) is 5. The highest BCUT2D eigenvalue weighted by Crippen LogP contribution is 2.39. The number of sulfonamides is 2. The Kier molecular flexibility index (Phi) is 18.7. The van der Waals surface area contributed by atoms with E-state index in [1.807, 2.05) is 32.4 Å². The number of pyridine rings is 4. The van der Waals surface area contributed by atoms with Crippen LogP contribution in [-0.4, -0.2) is 56.2 Å². The molecular weight excluding hydrogens is 951 g/mol. The summed E-state index contributed by atoms with van der Waals surface area (Å²) in [6.45, 7) is 14.5. The Labute approximate surface area is 404 Å². The number of carbonyl (C=O) groups excluding carboxylic acids is 1. The number of nitriles is 1. The SMILES string of the molecule is CC(C)n1cc(S(N)(=O)=O)ccc1=O.COc1cc(-c2cc(F)cc(C(C)C)c2NC(=O)NS(=O)(=O)c2ccc(=O)n(C(C)C)c2)ccn1.COc1cc(-c2cc(F)cc(C(C)C)c2OC#N)ccn1. The van der Waals surface area contributed by atoms with Crippen LogP contribution >= 0.6 is 0 Å². The summed E-state index contributed by atoms with van der Waals surface area (Å²) in [5.74, 6) is -0.0194. The molecule has 0 atom stereocenters. The number of nitrogens with two attached hydrogens (primary N) is 1. The second-order valence-corrected chi connectivity index (χ2v) is 19.7. The van der Waals surface area contributed by atoms with Crippen molar-refractivity contribution in [3.8, 4) is 46.0 Å². The second-order valence-electron chi connectivity index (χ2n) is 16.5. The van der Waals surface area contributed by atoms with Gasteiger partial charge in [-0.2, -0.15) is 0 Å². The first-order valence-corrected chi connectivity index (χ1v) is 24.4. The van der Waals surface area contributed by atoms with E-state index in [0.717, 1.165) is 12.1 Å². The predicted octanol–water partition coefficient (Wildman–Crippen LogP) is 8.23. The Balaban J connectivity index is 0.000000256. The minimum absolute atomic E-state index is 0.0199. The summed E-state index contributed by atoms with van der Waals surface area (Å²) in [5.41, 5.74) is 2.76. The first-order valence-electron chi connectivity index (χ1n) is 21.4. The number of amides is 2. The van der Waals surface area contributed by atoms with Gasteiger partial charge >= 0.3 is 6.03 Å². The summed E-state index contributed by atoms with van der Waals surface area (Å²) >= 11 is 0. The van der Waals surface area contributed by atoms with E-state index >= 15 is 0 Å². The number of rotatable bonds is 13. The van der Waals surface area contributed by atoms with Gasteiger partial charge in [0.1, 0.15) is 16.5 Å². The zero-order valence-corrected chi connectivity index (χ0v) is 41.6. The number of hydrogen-bond donors (Lipinski definition) is 3. The number of carbonyl (C=O) groups is 1. The van der Waals surface area contributed by atoms with E-state index in [-0.39, 0.29) is 62.2 Å². The minimum Gasteiger partial charge on any atom is -0.481 e. The zero-order chi connectivity index (χ0) is 52.2. The fourth-order valence-corrected chi connectivity index (χ4v) is 8.10. The van der Waals surface area contributed by atoms with E-state index in [1.54, 1.807) is 64.4 Å². The Morgan fingerprint density at radius 3 is 1.60 bits per heavy atom. The van der Waals surface area contributed by atoms with Gasteiger partial charge in [-0.3, -0.25) is 9.59 Å². The van der Waals surface area contributed by atoms with Gasteiger partial charge < -0.3 is 28.7 Å². The Morgan fingerprint density at radius 2 is 1.14 bits per heavy atom. The quantitative estimate of drug-likeness (QED) is 0.0923. The molecule has 0 spiro atoms. The standard InChI is InChI=1S/C24H27FN4O5S.C16H15FN2O2.C8H12N2O3S/c1-14(2)19-11-17(25)12-20(16-8-9-26-21(10-16)34-5)23(19)27-24(31)28-35(32,33)18-6-7-22(30)29(13-18)15(3)4;1-10(2)13-7-12(17)8-14(16(13)21-9-18)11-4-5-19-15(6-11)20-3;1-6(2)10-5-7(14(9,12)13)3-4-8(10)11/h6-15H,1-5H3,(H2,27,28,31);4-8,10H,1-3H3;3-6H,1-2H3,(H2,9,12,13). The van der Waals surface area contributed by atoms with Crippen LogP contribution in [0.3, 0.4) is 0 Å². The van der Waals surface area contributed by atoms with Gasteiger partial charge in [0.05, 0.1) is 24.8 Å². The lowest BCUT2D eigenvalue weighted by Crippen LogP contribution is -2.35. The van der Waals surface area contributed by atoms with Crippen molar-refractivity contribution < 1.29 is 44.6 Å². The number of urea groups is 1. The molecule has 0 fully saturated rings. The normalized spacial score (nSPS) is 11.3. The minimum atomic E-state index is -4.31. The molecule has 4 aromatic heterocycles. The molecule has 372 valence electrons. The largest absolute Gasteiger partial charge is 0.481 e. The molecule has 0 unspecified atom stereocenters. The van der Waals surface area contributed by atoms with Crippen LogP contribution in [0.1, 0.15) is 90.4 Å². The summed E-state index contributed by atoms with van der Waals surface area (Å²) < 4.78 is 95.9. The van der Waals surface area contributed by atoms with Crippen LogP contribution < -0.4 is 40.5 Å². The van der Waals surface area contributed by atoms with Crippen molar-refractivity contribution in [2.45, 2.75) is 89.1 Å². The van der Waals surface area contributed by atoms with Gasteiger partial charge in [0, 0.05) is 77.8 Å². The van der Waals surface area contributed by atoms with E-state index < -0.39 is 31.9 Å². The third kappa shape index (κ3) is 14.3. The van der Waals surface area contributed by atoms with Gasteiger partial charge in [-0.05, 0) is 105 Å². The maximum absolute atomic E-state index is 14.5. The summed E-state index contributed by atoms with van der Waals surface area (Å²) in [7, 11) is -5.10. The third-order valence-electron chi connectivity index (χ3n) is 10.2. The van der Waals surface area contributed by atoms with E-state index in [9.17, 15) is 40.0 Å². The highest BCUT2D eigenvalue weighted by Gasteiger charge is 2.24. The molecule has 18 nitrogen and oxygen atoms in total. The van der Waals surface area contributed by atoms with Gasteiger partial charge in [0.15, 0.2) is 5.75 Å². The lowest BCUT2D eigenvalue weighted by atomic mass is 9.94. The first kappa shape index (κ1) is 55.1. The monoisotopic (exact) mass is 1000 g/mol. The van der Waals surface area contributed by atoms with Gasteiger partial charge in [-0.1, -0.05) is 27.7 Å². The molecule has 4 heterocycles. The molecule has 0 bridgehead atoms. The Morgan fingerprint density at radius 1 is 0.686 bits per heavy atom. The van der Waals surface area contributed by atoms with Crippen LogP contribution in [0.4, 0.5) is 19.3 Å². The third-order valence-corrected chi connectivity index (χ3v) is 12.4. The summed E-state index contributed by atoms with van der Waals surface area (Å²) in [4.78, 5) is 43.9. The molecule has 2 aromatic carbocycles. The Bertz CT molecular complexity index is 3240. The number of benzene rings is 2. The van der Waals surface area contributed by atoms with Crippen molar-refractivity contribution in [2.75, 3.05) is 19.5 Å². The fraction of sp³-hybridized carbons (Fsp3) is 0.292. The molecule has 22 heteroatoms. The molecule has 0 aliphatic heterocycles. The molecule has 6 aromatic rings. The van der Waals surface area contributed by atoms with Crippen LogP contribution in [-0.2, 0) is 20.0 Å². The number of anilines is 1. The second kappa shape index (κ2) is 23.7. The summed E-state index contributed by atoms with van der Waals surface area (Å²) in [6.07, 6.45) is 7.13. The van der Waals surface area contributed by atoms with E-state index in [0.29, 0.717) is 45.0 Å². The number of primary sulfonamides is 1. The maximum atomic E-state index is 14.5. The number of nitrogens with one attached hydrogen (secondary N) is 2. The van der Waals surface area contributed by atoms with E-state index in [2.05, 4.69) is 15.3 Å². The predicted molar refractivity (Wildman–Crippen MR) is 260 cm³/mol. The van der Waals surface area contributed by atoms with Crippen LogP contribution in [0.5, 0.6) is 17.5 Å². The highest BCUT2D eigenvalue weighted by atomic mass is 32.2. The number of ether oxygens (including phenoxy) is 3. The molecule has 4 N–H and O–H groups in total. The average molecular weight is 1010 g/mol. The topological polar surface area (TPSA) is 257 Å². The Hall–Kier alpha value is -7.48. The summed E-state index contributed by atoms with van der Waals surface area (Å²) in [6, 6.07) is 15.1. The highest BCUT2D eigenvalue weighted by molar-refractivity contribution is 7.90. The smallest absolute Gasteiger partial charge is 0.333 e. The van der Waals surface area contributed by atoms with Crippen LogP contribution in [0.2, 0.25) is 0 Å². The number of methoxy groups -OCH3 is 2.